The van der Waals surface area contributed by atoms with Crippen LogP contribution in [-0.4, -0.2) is 44.5 Å². The zero-order valence-electron chi connectivity index (χ0n) is 13.2. The van der Waals surface area contributed by atoms with Gasteiger partial charge in [-0.2, -0.15) is 0 Å². The molecule has 0 amide bonds. The summed E-state index contributed by atoms with van der Waals surface area (Å²) in [6, 6.07) is 0.351. The number of nitrogens with one attached hydrogen (secondary N) is 1. The van der Waals surface area contributed by atoms with E-state index in [2.05, 4.69) is 24.1 Å². The van der Waals surface area contributed by atoms with Crippen molar-refractivity contribution in [2.24, 2.45) is 0 Å². The Kier molecular flexibility index (Phi) is 5.27. The lowest BCUT2D eigenvalue weighted by Gasteiger charge is -2.22. The van der Waals surface area contributed by atoms with Crippen LogP contribution in [0.2, 0.25) is 0 Å². The van der Waals surface area contributed by atoms with Crippen LogP contribution in [0.4, 0.5) is 5.13 Å². The summed E-state index contributed by atoms with van der Waals surface area (Å²) in [6.07, 6.45) is 1.81. The number of rotatable bonds is 6. The van der Waals surface area contributed by atoms with Crippen LogP contribution in [0.5, 0.6) is 0 Å². The number of aromatic nitrogens is 1. The molecule has 0 aliphatic carbocycles. The number of hydrogen-bond donors (Lipinski definition) is 1. The molecule has 0 aromatic carbocycles. The molecule has 21 heavy (non-hydrogen) atoms. The molecular weight excluding hydrogens is 306 g/mol. The minimum Gasteiger partial charge on any atom is -0.347 e. The van der Waals surface area contributed by atoms with Crippen molar-refractivity contribution in [2.45, 2.75) is 45.7 Å². The van der Waals surface area contributed by atoms with Gasteiger partial charge in [0.25, 0.3) is 0 Å². The fraction of sp³-hybridized carbons (Fsp3) is 0.786. The Morgan fingerprint density at radius 2 is 2.24 bits per heavy atom. The summed E-state index contributed by atoms with van der Waals surface area (Å²) in [5, 5.41) is 4.41. The van der Waals surface area contributed by atoms with Crippen molar-refractivity contribution in [1.82, 2.24) is 10.3 Å². The highest BCUT2D eigenvalue weighted by atomic mass is 32.2. The molecule has 0 spiro atoms. The van der Waals surface area contributed by atoms with E-state index < -0.39 is 9.84 Å². The lowest BCUT2D eigenvalue weighted by Crippen LogP contribution is -2.32. The molecule has 1 aromatic rings. The molecule has 7 heteroatoms. The molecule has 1 fully saturated rings. The van der Waals surface area contributed by atoms with E-state index in [-0.39, 0.29) is 17.8 Å². The van der Waals surface area contributed by atoms with Gasteiger partial charge in [-0.05, 0) is 33.2 Å². The second-order valence-electron chi connectivity index (χ2n) is 5.79. The molecule has 0 bridgehead atoms. The van der Waals surface area contributed by atoms with Crippen molar-refractivity contribution < 1.29 is 8.42 Å². The van der Waals surface area contributed by atoms with Gasteiger partial charge in [-0.1, -0.05) is 6.92 Å². The molecule has 2 rings (SSSR count). The number of sulfone groups is 1. The van der Waals surface area contributed by atoms with Crippen molar-refractivity contribution in [3.63, 3.8) is 0 Å². The van der Waals surface area contributed by atoms with Gasteiger partial charge < -0.3 is 10.2 Å². The summed E-state index contributed by atoms with van der Waals surface area (Å²) in [5.41, 5.74) is 1.04. The van der Waals surface area contributed by atoms with E-state index in [9.17, 15) is 8.42 Å². The van der Waals surface area contributed by atoms with E-state index in [0.29, 0.717) is 12.2 Å². The van der Waals surface area contributed by atoms with E-state index in [0.717, 1.165) is 23.8 Å². The highest BCUT2D eigenvalue weighted by molar-refractivity contribution is 7.91. The Balaban J connectivity index is 2.11. The number of anilines is 1. The van der Waals surface area contributed by atoms with Gasteiger partial charge in [0.2, 0.25) is 0 Å². The van der Waals surface area contributed by atoms with E-state index in [1.54, 1.807) is 11.3 Å². The Hall–Kier alpha value is -0.660. The number of hydrogen-bond acceptors (Lipinski definition) is 6. The number of thiazole rings is 1. The van der Waals surface area contributed by atoms with Crippen LogP contribution in [0.25, 0.3) is 0 Å². The van der Waals surface area contributed by atoms with Crippen molar-refractivity contribution in [2.75, 3.05) is 30.0 Å². The molecule has 1 aliphatic rings. The molecule has 2 heterocycles. The molecule has 2 unspecified atom stereocenters. The van der Waals surface area contributed by atoms with Crippen LogP contribution in [0.3, 0.4) is 0 Å². The van der Waals surface area contributed by atoms with Crippen LogP contribution in [-0.2, 0) is 9.84 Å². The average Bonchev–Trinajstić information content (AvgIpc) is 2.98. The van der Waals surface area contributed by atoms with Crippen molar-refractivity contribution in [3.05, 3.63) is 10.6 Å². The number of nitrogens with zero attached hydrogens (tertiary/aromatic N) is 2. The molecule has 1 N–H and O–H groups in total. The van der Waals surface area contributed by atoms with Crippen LogP contribution < -0.4 is 10.2 Å². The topological polar surface area (TPSA) is 62.3 Å². The Morgan fingerprint density at radius 3 is 2.81 bits per heavy atom. The molecule has 1 aliphatic heterocycles. The summed E-state index contributed by atoms with van der Waals surface area (Å²) in [6.45, 7) is 7.32. The lowest BCUT2D eigenvalue weighted by atomic mass is 10.2. The first-order chi connectivity index (χ1) is 9.84. The summed E-state index contributed by atoms with van der Waals surface area (Å²) >= 11 is 1.67. The SMILES string of the molecule is CCCNC(C)c1sc(N(C)C2CCS(=O)(=O)C2)nc1C. The summed E-state index contributed by atoms with van der Waals surface area (Å²) in [4.78, 5) is 7.92. The molecule has 120 valence electrons. The fourth-order valence-electron chi connectivity index (χ4n) is 2.64. The third kappa shape index (κ3) is 3.96. The first-order valence-corrected chi connectivity index (χ1v) is 10.1. The second-order valence-corrected chi connectivity index (χ2v) is 9.03. The fourth-order valence-corrected chi connectivity index (χ4v) is 5.54. The molecule has 5 nitrogen and oxygen atoms in total. The third-order valence-electron chi connectivity index (χ3n) is 3.97. The molecule has 1 aromatic heterocycles. The lowest BCUT2D eigenvalue weighted by molar-refractivity contribution is 0.575. The maximum atomic E-state index is 11.6. The maximum Gasteiger partial charge on any atom is 0.185 e. The molecule has 2 atom stereocenters. The Labute approximate surface area is 131 Å². The number of aryl methyl sites for hydroxylation is 1. The Bertz CT molecular complexity index is 583. The van der Waals surface area contributed by atoms with Crippen LogP contribution >= 0.6 is 11.3 Å². The molecular formula is C14H25N3O2S2. The van der Waals surface area contributed by atoms with Crippen molar-refractivity contribution >= 4 is 26.3 Å². The first-order valence-electron chi connectivity index (χ1n) is 7.48. The van der Waals surface area contributed by atoms with Gasteiger partial charge in [-0.15, -0.1) is 11.3 Å². The predicted molar refractivity (Wildman–Crippen MR) is 89.0 cm³/mol. The minimum atomic E-state index is -2.86. The van der Waals surface area contributed by atoms with Crippen LogP contribution in [0, 0.1) is 6.92 Å². The van der Waals surface area contributed by atoms with E-state index in [1.807, 2.05) is 18.9 Å². The van der Waals surface area contributed by atoms with E-state index in [1.165, 1.54) is 4.88 Å². The van der Waals surface area contributed by atoms with Gasteiger partial charge in [0, 0.05) is 24.0 Å². The Morgan fingerprint density at radius 1 is 1.52 bits per heavy atom. The van der Waals surface area contributed by atoms with Crippen LogP contribution in [0.1, 0.15) is 43.3 Å². The van der Waals surface area contributed by atoms with Gasteiger partial charge in [0.1, 0.15) is 0 Å². The summed E-state index contributed by atoms with van der Waals surface area (Å²) in [7, 11) is -0.901. The van der Waals surface area contributed by atoms with Gasteiger partial charge in [0.15, 0.2) is 15.0 Å². The maximum absolute atomic E-state index is 11.6. The highest BCUT2D eigenvalue weighted by Gasteiger charge is 2.32. The zero-order chi connectivity index (χ0) is 15.6. The van der Waals surface area contributed by atoms with Gasteiger partial charge >= 0.3 is 0 Å². The van der Waals surface area contributed by atoms with E-state index >= 15 is 0 Å². The standard InChI is InChI=1S/C14H25N3O2S2/c1-5-7-15-10(2)13-11(3)16-14(20-13)17(4)12-6-8-21(18,19)9-12/h10,12,15H,5-9H2,1-4H3. The van der Waals surface area contributed by atoms with Gasteiger partial charge in [-0.3, -0.25) is 0 Å². The summed E-state index contributed by atoms with van der Waals surface area (Å²) in [5.74, 6) is 0.550. The predicted octanol–water partition coefficient (Wildman–Crippen LogP) is 2.14. The normalized spacial score (nSPS) is 22.4. The van der Waals surface area contributed by atoms with Crippen molar-refractivity contribution in [3.8, 4) is 0 Å². The smallest absolute Gasteiger partial charge is 0.185 e. The van der Waals surface area contributed by atoms with Gasteiger partial charge in [-0.25, -0.2) is 13.4 Å². The second kappa shape index (κ2) is 6.62. The van der Waals surface area contributed by atoms with Crippen molar-refractivity contribution in [1.29, 1.82) is 0 Å². The van der Waals surface area contributed by atoms with Crippen LogP contribution in [0.15, 0.2) is 0 Å². The zero-order valence-corrected chi connectivity index (χ0v) is 14.9. The average molecular weight is 332 g/mol. The monoisotopic (exact) mass is 331 g/mol. The quantitative estimate of drug-likeness (QED) is 0.865. The van der Waals surface area contributed by atoms with E-state index in [4.69, 9.17) is 0 Å². The molecule has 0 radical (unpaired) electrons. The largest absolute Gasteiger partial charge is 0.347 e. The minimum absolute atomic E-state index is 0.0623. The van der Waals surface area contributed by atoms with Gasteiger partial charge in [0.05, 0.1) is 17.2 Å². The summed E-state index contributed by atoms with van der Waals surface area (Å²) < 4.78 is 23.2. The first kappa shape index (κ1) is 16.7. The third-order valence-corrected chi connectivity index (χ3v) is 7.15. The highest BCUT2D eigenvalue weighted by Crippen LogP contribution is 2.32. The molecule has 1 saturated heterocycles. The molecule has 0 saturated carbocycles.